The molecule has 1 atom stereocenters. The molecule has 1 unspecified atom stereocenters. The van der Waals surface area contributed by atoms with Gasteiger partial charge in [-0.1, -0.05) is 41.9 Å². The van der Waals surface area contributed by atoms with Crippen LogP contribution in [0.2, 0.25) is 10.3 Å². The van der Waals surface area contributed by atoms with Crippen LogP contribution in [0, 0.1) is 11.3 Å². The summed E-state index contributed by atoms with van der Waals surface area (Å²) in [5.41, 5.74) is 3.68. The molecule has 2 aliphatic heterocycles. The molecule has 0 aliphatic carbocycles. The molecule has 1 amide bonds. The molecule has 6 rings (SSSR count). The molecular formula is C28H23Cl2N5O3. The van der Waals surface area contributed by atoms with Gasteiger partial charge in [-0.3, -0.25) is 0 Å². The highest BCUT2D eigenvalue weighted by Crippen LogP contribution is 2.46. The number of hydrogen-bond donors (Lipinski definition) is 1. The molecule has 3 heterocycles. The Morgan fingerprint density at radius 2 is 1.95 bits per heavy atom. The Kier molecular flexibility index (Phi) is 6.34. The van der Waals surface area contributed by atoms with Gasteiger partial charge in [0.1, 0.15) is 11.6 Å². The second-order valence-electron chi connectivity index (χ2n) is 9.48. The average molecular weight is 548 g/mol. The summed E-state index contributed by atoms with van der Waals surface area (Å²) < 4.78 is 6.31. The van der Waals surface area contributed by atoms with Crippen LogP contribution in [0.5, 0.6) is 5.75 Å². The first-order valence-electron chi connectivity index (χ1n) is 12.4. The van der Waals surface area contributed by atoms with E-state index in [0.717, 1.165) is 51.4 Å². The highest BCUT2D eigenvalue weighted by molar-refractivity contribution is 6.36. The maximum Gasteiger partial charge on any atom is 0.407 e. The summed E-state index contributed by atoms with van der Waals surface area (Å²) in [6, 6.07) is 15.7. The van der Waals surface area contributed by atoms with Crippen LogP contribution in [0.25, 0.3) is 32.8 Å². The summed E-state index contributed by atoms with van der Waals surface area (Å²) in [4.78, 5) is 24.2. The van der Waals surface area contributed by atoms with Crippen molar-refractivity contribution in [2.45, 2.75) is 25.3 Å². The number of fused-ring (bicyclic) bond motifs is 4. The van der Waals surface area contributed by atoms with E-state index in [9.17, 15) is 15.2 Å². The number of aromatic nitrogens is 2. The molecule has 0 saturated carbocycles. The molecule has 0 spiro atoms. The monoisotopic (exact) mass is 547 g/mol. The number of piperazine rings is 1. The molecule has 1 fully saturated rings. The lowest BCUT2D eigenvalue weighted by Crippen LogP contribution is -2.55. The van der Waals surface area contributed by atoms with Gasteiger partial charge in [-0.25, -0.2) is 9.78 Å². The summed E-state index contributed by atoms with van der Waals surface area (Å²) in [6.07, 6.45) is 0.734. The van der Waals surface area contributed by atoms with E-state index >= 15 is 0 Å². The molecule has 10 heteroatoms. The van der Waals surface area contributed by atoms with E-state index in [2.05, 4.69) is 22.1 Å². The first-order chi connectivity index (χ1) is 18.5. The van der Waals surface area contributed by atoms with Crippen molar-refractivity contribution in [1.29, 1.82) is 5.26 Å². The van der Waals surface area contributed by atoms with Gasteiger partial charge in [0.2, 0.25) is 5.28 Å². The van der Waals surface area contributed by atoms with Crippen molar-refractivity contribution in [1.82, 2.24) is 14.9 Å². The van der Waals surface area contributed by atoms with Crippen LogP contribution in [-0.2, 0) is 6.42 Å². The molecule has 8 nitrogen and oxygen atoms in total. The second kappa shape index (κ2) is 9.82. The molecule has 0 bridgehead atoms. The van der Waals surface area contributed by atoms with Crippen LogP contribution in [0.15, 0.2) is 42.5 Å². The zero-order valence-electron chi connectivity index (χ0n) is 20.3. The zero-order chi connectivity index (χ0) is 26.4. The number of carbonyl (C=O) groups is 1. The number of ether oxygens (including phenoxy) is 1. The molecule has 1 saturated heterocycles. The molecule has 38 heavy (non-hydrogen) atoms. The number of nitriles is 1. The van der Waals surface area contributed by atoms with Crippen LogP contribution in [0.3, 0.4) is 0 Å². The smallest absolute Gasteiger partial charge is 0.407 e. The first-order valence-corrected chi connectivity index (χ1v) is 13.2. The molecule has 192 valence electrons. The maximum atomic E-state index is 11.8. The molecule has 1 N–H and O–H groups in total. The van der Waals surface area contributed by atoms with Gasteiger partial charge < -0.3 is 19.6 Å². The fourth-order valence-corrected chi connectivity index (χ4v) is 6.11. The normalized spacial score (nSPS) is 17.2. The predicted molar refractivity (Wildman–Crippen MR) is 147 cm³/mol. The summed E-state index contributed by atoms with van der Waals surface area (Å²) in [5.74, 6) is 1.31. The van der Waals surface area contributed by atoms with Gasteiger partial charge in [0, 0.05) is 35.6 Å². The van der Waals surface area contributed by atoms with Crippen LogP contribution in [0.1, 0.15) is 18.4 Å². The molecule has 1 aromatic heterocycles. The van der Waals surface area contributed by atoms with E-state index in [1.54, 1.807) is 0 Å². The number of nitrogens with zero attached hydrogens (tertiary/aromatic N) is 5. The van der Waals surface area contributed by atoms with Crippen molar-refractivity contribution in [2.75, 3.05) is 31.1 Å². The van der Waals surface area contributed by atoms with Gasteiger partial charge >= 0.3 is 6.09 Å². The molecule has 4 aromatic rings. The Morgan fingerprint density at radius 3 is 2.74 bits per heavy atom. The molecule has 3 aromatic carbocycles. The number of benzene rings is 3. The maximum absolute atomic E-state index is 11.8. The van der Waals surface area contributed by atoms with E-state index in [0.29, 0.717) is 36.1 Å². The van der Waals surface area contributed by atoms with Crippen LogP contribution in [0.4, 0.5) is 10.6 Å². The summed E-state index contributed by atoms with van der Waals surface area (Å²) >= 11 is 13.1. The second-order valence-corrected chi connectivity index (χ2v) is 10.2. The van der Waals surface area contributed by atoms with Crippen molar-refractivity contribution in [3.8, 4) is 22.9 Å². The van der Waals surface area contributed by atoms with Gasteiger partial charge in [-0.15, -0.1) is 0 Å². The van der Waals surface area contributed by atoms with E-state index < -0.39 is 12.1 Å². The fraction of sp³-hybridized carbons (Fsp3) is 0.286. The standard InChI is InChI=1S/C28H23Cl2N5O3/c29-21-8-2-5-16-4-1-6-18(23(16)21)20-14-22-24(25-19(20)7-3-13-38-25)26(33-27(30)32-22)34-11-12-35(28(36)37)17(15-34)9-10-31/h1-2,4-6,8,14,17H,3,7,9,11-13,15H2,(H,36,37). The van der Waals surface area contributed by atoms with Crippen LogP contribution >= 0.6 is 23.2 Å². The number of carboxylic acid groups (broad SMARTS) is 1. The zero-order valence-corrected chi connectivity index (χ0v) is 21.8. The van der Waals surface area contributed by atoms with Gasteiger partial charge in [0.25, 0.3) is 0 Å². The van der Waals surface area contributed by atoms with Gasteiger partial charge in [-0.05, 0) is 53.1 Å². The minimum absolute atomic E-state index is 0.0835. The first kappa shape index (κ1) is 24.5. The van der Waals surface area contributed by atoms with Crippen LogP contribution in [-0.4, -0.2) is 58.4 Å². The Morgan fingerprint density at radius 1 is 1.13 bits per heavy atom. The Balaban J connectivity index is 1.56. The number of amides is 1. The summed E-state index contributed by atoms with van der Waals surface area (Å²) in [6.45, 7) is 1.54. The van der Waals surface area contributed by atoms with Gasteiger partial charge in [-0.2, -0.15) is 10.2 Å². The van der Waals surface area contributed by atoms with Crippen molar-refractivity contribution in [2.24, 2.45) is 0 Å². The van der Waals surface area contributed by atoms with E-state index in [-0.39, 0.29) is 18.2 Å². The third kappa shape index (κ3) is 4.12. The predicted octanol–water partition coefficient (Wildman–Crippen LogP) is 6.16. The molecule has 0 radical (unpaired) electrons. The lowest BCUT2D eigenvalue weighted by atomic mass is 9.89. The lowest BCUT2D eigenvalue weighted by molar-refractivity contribution is 0.119. The average Bonchev–Trinajstić information content (AvgIpc) is 2.92. The lowest BCUT2D eigenvalue weighted by Gasteiger charge is -2.40. The largest absolute Gasteiger partial charge is 0.492 e. The number of rotatable bonds is 3. The topological polar surface area (TPSA) is 103 Å². The van der Waals surface area contributed by atoms with E-state index in [1.165, 1.54) is 4.90 Å². The van der Waals surface area contributed by atoms with Crippen molar-refractivity contribution in [3.63, 3.8) is 0 Å². The number of halogens is 2. The number of anilines is 1. The van der Waals surface area contributed by atoms with Gasteiger partial charge in [0.05, 0.1) is 36.0 Å². The molecule has 2 aliphatic rings. The van der Waals surface area contributed by atoms with Crippen molar-refractivity contribution in [3.05, 3.63) is 58.3 Å². The Bertz CT molecular complexity index is 1630. The van der Waals surface area contributed by atoms with E-state index in [4.69, 9.17) is 27.9 Å². The van der Waals surface area contributed by atoms with Crippen molar-refractivity contribution < 1.29 is 14.6 Å². The highest BCUT2D eigenvalue weighted by atomic mass is 35.5. The number of hydrogen-bond acceptors (Lipinski definition) is 6. The van der Waals surface area contributed by atoms with Crippen LogP contribution < -0.4 is 9.64 Å². The minimum Gasteiger partial charge on any atom is -0.492 e. The minimum atomic E-state index is -1.03. The van der Waals surface area contributed by atoms with E-state index in [1.807, 2.05) is 41.3 Å². The third-order valence-corrected chi connectivity index (χ3v) is 7.80. The Hall–Kier alpha value is -3.80. The highest BCUT2D eigenvalue weighted by Gasteiger charge is 2.33. The fourth-order valence-electron chi connectivity index (χ4n) is 5.66. The third-order valence-electron chi connectivity index (χ3n) is 7.31. The Labute approximate surface area is 229 Å². The van der Waals surface area contributed by atoms with Gasteiger partial charge in [0.15, 0.2) is 0 Å². The summed E-state index contributed by atoms with van der Waals surface area (Å²) in [7, 11) is 0. The molecular weight excluding hydrogens is 525 g/mol. The summed E-state index contributed by atoms with van der Waals surface area (Å²) in [5, 5.41) is 22.5. The van der Waals surface area contributed by atoms with Crippen molar-refractivity contribution >= 4 is 56.8 Å². The SMILES string of the molecule is N#CCC1CN(c2nc(Cl)nc3cc(-c4cccc5cccc(Cl)c45)c4c(c23)OCCC4)CCN1C(=O)O. The quantitative estimate of drug-likeness (QED) is 0.306.